The van der Waals surface area contributed by atoms with Gasteiger partial charge in [0.2, 0.25) is 10.0 Å². The number of alkyl halides is 1. The molecule has 27 heavy (non-hydrogen) atoms. The van der Waals surface area contributed by atoms with Gasteiger partial charge >= 0.3 is 0 Å². The van der Waals surface area contributed by atoms with Crippen LogP contribution in [0.4, 0.5) is 4.39 Å². The Morgan fingerprint density at radius 2 is 1.41 bits per heavy atom. The molecule has 0 bridgehead atoms. The smallest absolute Gasteiger partial charge is 0.242 e. The van der Waals surface area contributed by atoms with Crippen molar-refractivity contribution in [2.45, 2.75) is 15.9 Å². The molecule has 0 saturated heterocycles. The maximum Gasteiger partial charge on any atom is 0.242 e. The molecule has 0 fully saturated rings. The van der Waals surface area contributed by atoms with E-state index >= 15 is 0 Å². The van der Waals surface area contributed by atoms with E-state index in [-0.39, 0.29) is 4.90 Å². The summed E-state index contributed by atoms with van der Waals surface area (Å²) in [5.41, 5.74) is 7.56. The summed E-state index contributed by atoms with van der Waals surface area (Å²) in [5, 5.41) is 0. The van der Waals surface area contributed by atoms with Crippen molar-refractivity contribution in [1.29, 1.82) is 0 Å². The Hall–Kier alpha value is -2.25. The molecule has 0 unspecified atom stereocenters. The van der Waals surface area contributed by atoms with E-state index in [4.69, 9.17) is 17.3 Å². The summed E-state index contributed by atoms with van der Waals surface area (Å²) in [6, 6.07) is 21.3. The molecule has 3 aromatic rings. The van der Waals surface area contributed by atoms with E-state index in [1.54, 1.807) is 54.6 Å². The van der Waals surface area contributed by atoms with Crippen molar-refractivity contribution in [2.24, 2.45) is 5.73 Å². The minimum Gasteiger partial charge on any atom is -0.321 e. The van der Waals surface area contributed by atoms with E-state index < -0.39 is 26.9 Å². The zero-order valence-electron chi connectivity index (χ0n) is 14.2. The summed E-state index contributed by atoms with van der Waals surface area (Å²) in [4.78, 5) is -1.75. The van der Waals surface area contributed by atoms with Crippen LogP contribution in [-0.2, 0) is 15.0 Å². The minimum absolute atomic E-state index is 0.106. The maximum atomic E-state index is 13.2. The van der Waals surface area contributed by atoms with E-state index in [9.17, 15) is 12.8 Å². The summed E-state index contributed by atoms with van der Waals surface area (Å²) in [5.74, 6) is -0.532. The van der Waals surface area contributed by atoms with Crippen molar-refractivity contribution in [3.8, 4) is 0 Å². The Labute approximate surface area is 162 Å². The number of sulfonamides is 1. The van der Waals surface area contributed by atoms with Crippen LogP contribution in [0.5, 0.6) is 0 Å². The highest BCUT2D eigenvalue weighted by molar-refractivity contribution is 7.89. The monoisotopic (exact) mass is 404 g/mol. The molecule has 0 saturated carbocycles. The molecule has 2 atom stereocenters. The van der Waals surface area contributed by atoms with Crippen LogP contribution in [-0.4, -0.2) is 8.42 Å². The van der Waals surface area contributed by atoms with Gasteiger partial charge in [-0.1, -0.05) is 72.3 Å². The summed E-state index contributed by atoms with van der Waals surface area (Å²) in [6.45, 7) is 0. The number of hydrogen-bond acceptors (Lipinski definition) is 3. The molecule has 3 N–H and O–H groups in total. The van der Waals surface area contributed by atoms with E-state index in [1.807, 2.05) is 6.07 Å². The molecule has 0 aromatic heterocycles. The summed E-state index contributed by atoms with van der Waals surface area (Å²) in [7, 11) is -4.06. The lowest BCUT2D eigenvalue weighted by Gasteiger charge is -2.34. The van der Waals surface area contributed by atoms with E-state index in [1.165, 1.54) is 12.1 Å². The largest absolute Gasteiger partial charge is 0.321 e. The zero-order chi connectivity index (χ0) is 19.5. The maximum absolute atomic E-state index is 13.2. The Bertz CT molecular complexity index is 999. The van der Waals surface area contributed by atoms with Crippen LogP contribution < -0.4 is 10.5 Å². The first-order valence-electron chi connectivity index (χ1n) is 8.17. The van der Waals surface area contributed by atoms with Gasteiger partial charge < -0.3 is 5.73 Å². The molecular weight excluding hydrogens is 387 g/mol. The van der Waals surface area contributed by atoms with Crippen LogP contribution >= 0.6 is 11.6 Å². The quantitative estimate of drug-likeness (QED) is 0.483. The van der Waals surface area contributed by atoms with Gasteiger partial charge in [-0.3, -0.25) is 0 Å². The number of benzene rings is 3. The molecule has 140 valence electrons. The topological polar surface area (TPSA) is 72.2 Å². The lowest BCUT2D eigenvalue weighted by molar-refractivity contribution is 0.452. The first-order chi connectivity index (χ1) is 12.8. The SMILES string of the molecule is N[C@@H](c1ccccc1)[C@@](Cl)(NS(=O)(=O)c1ccc(F)cc1)c1ccccc1. The van der Waals surface area contributed by atoms with Crippen LogP contribution in [0.15, 0.2) is 89.8 Å². The first-order valence-corrected chi connectivity index (χ1v) is 10.0. The average Bonchev–Trinajstić information content (AvgIpc) is 2.68. The third-order valence-corrected chi connectivity index (χ3v) is 6.33. The van der Waals surface area contributed by atoms with Gasteiger partial charge in [-0.05, 0) is 35.4 Å². The fourth-order valence-corrected chi connectivity index (χ4v) is 4.55. The molecule has 0 heterocycles. The van der Waals surface area contributed by atoms with Crippen molar-refractivity contribution in [2.75, 3.05) is 0 Å². The Morgan fingerprint density at radius 3 is 1.96 bits per heavy atom. The molecule has 3 rings (SSSR count). The van der Waals surface area contributed by atoms with E-state index in [0.717, 1.165) is 12.1 Å². The van der Waals surface area contributed by atoms with Gasteiger partial charge in [-0.25, -0.2) is 12.8 Å². The fourth-order valence-electron chi connectivity index (χ4n) is 2.74. The fraction of sp³-hybridized carbons (Fsp3) is 0.100. The average molecular weight is 405 g/mol. The molecule has 7 heteroatoms. The third kappa shape index (κ3) is 4.20. The van der Waals surface area contributed by atoms with Crippen LogP contribution in [0.25, 0.3) is 0 Å². The zero-order valence-corrected chi connectivity index (χ0v) is 15.8. The van der Waals surface area contributed by atoms with Gasteiger partial charge in [0.25, 0.3) is 0 Å². The second-order valence-electron chi connectivity index (χ2n) is 6.03. The number of rotatable bonds is 6. The van der Waals surface area contributed by atoms with E-state index in [2.05, 4.69) is 4.72 Å². The lowest BCUT2D eigenvalue weighted by atomic mass is 9.94. The van der Waals surface area contributed by atoms with Gasteiger partial charge in [0.1, 0.15) is 5.82 Å². The molecule has 0 radical (unpaired) electrons. The molecule has 3 aromatic carbocycles. The molecule has 0 aliphatic rings. The van der Waals surface area contributed by atoms with Crippen LogP contribution in [0, 0.1) is 5.82 Å². The van der Waals surface area contributed by atoms with Gasteiger partial charge in [0, 0.05) is 0 Å². The molecule has 0 aliphatic heterocycles. The second kappa shape index (κ2) is 7.78. The predicted molar refractivity (Wildman–Crippen MR) is 104 cm³/mol. The minimum atomic E-state index is -4.06. The van der Waals surface area contributed by atoms with Crippen LogP contribution in [0.1, 0.15) is 17.2 Å². The normalized spacial score (nSPS) is 15.1. The van der Waals surface area contributed by atoms with Crippen LogP contribution in [0.2, 0.25) is 0 Å². The Morgan fingerprint density at radius 1 is 0.889 bits per heavy atom. The van der Waals surface area contributed by atoms with Gasteiger partial charge in [0.15, 0.2) is 5.00 Å². The Balaban J connectivity index is 2.06. The summed E-state index contributed by atoms with van der Waals surface area (Å²) in [6.07, 6.45) is 0. The highest BCUT2D eigenvalue weighted by atomic mass is 35.5. The highest BCUT2D eigenvalue weighted by Gasteiger charge is 2.41. The van der Waals surface area contributed by atoms with Crippen LogP contribution in [0.3, 0.4) is 0 Å². The number of hydrogen-bond donors (Lipinski definition) is 2. The van der Waals surface area contributed by atoms with Crippen molar-refractivity contribution in [3.05, 3.63) is 102 Å². The molecular formula is C20H18ClFN2O2S. The third-order valence-electron chi connectivity index (χ3n) is 4.19. The van der Waals surface area contributed by atoms with Crippen molar-refractivity contribution >= 4 is 21.6 Å². The van der Waals surface area contributed by atoms with Crippen molar-refractivity contribution in [1.82, 2.24) is 4.72 Å². The van der Waals surface area contributed by atoms with Crippen molar-refractivity contribution in [3.63, 3.8) is 0 Å². The standard InChI is InChI=1S/C20H18ClFN2O2S/c21-20(16-9-5-2-6-10-16,19(23)15-7-3-1-4-8-15)24-27(25,26)18-13-11-17(22)12-14-18/h1-14,19,24H,23H2/t19-,20-/m0/s1. The molecule has 0 aliphatic carbocycles. The van der Waals surface area contributed by atoms with Crippen molar-refractivity contribution < 1.29 is 12.8 Å². The summed E-state index contributed by atoms with van der Waals surface area (Å²) < 4.78 is 41.5. The number of halogens is 2. The van der Waals surface area contributed by atoms with Gasteiger partial charge in [-0.2, -0.15) is 4.72 Å². The number of nitrogens with one attached hydrogen (secondary N) is 1. The van der Waals surface area contributed by atoms with Gasteiger partial charge in [-0.15, -0.1) is 0 Å². The second-order valence-corrected chi connectivity index (χ2v) is 8.30. The lowest BCUT2D eigenvalue weighted by Crippen LogP contribution is -2.48. The Kier molecular flexibility index (Phi) is 5.62. The highest BCUT2D eigenvalue weighted by Crippen LogP contribution is 2.38. The first kappa shape index (κ1) is 19.5. The predicted octanol–water partition coefficient (Wildman–Crippen LogP) is 3.90. The molecule has 0 amide bonds. The molecule has 4 nitrogen and oxygen atoms in total. The number of nitrogens with two attached hydrogens (primary N) is 1. The molecule has 0 spiro atoms. The summed E-state index contributed by atoms with van der Waals surface area (Å²) >= 11 is 6.83. The van der Waals surface area contributed by atoms with E-state index in [0.29, 0.717) is 11.1 Å². The van der Waals surface area contributed by atoms with Gasteiger partial charge in [0.05, 0.1) is 10.9 Å².